The number of hydrogen-bond donors (Lipinski definition) is 1. The topological polar surface area (TPSA) is 38.5 Å². The van der Waals surface area contributed by atoms with Crippen LogP contribution in [0.2, 0.25) is 0 Å². The Balaban J connectivity index is 1.97. The maximum Gasteiger partial charge on any atom is 0.123 e. The second-order valence-corrected chi connectivity index (χ2v) is 6.07. The number of ether oxygens (including phenoxy) is 1. The van der Waals surface area contributed by atoms with Gasteiger partial charge < -0.3 is 10.5 Å². The number of benzene rings is 1. The Kier molecular flexibility index (Phi) is 5.30. The van der Waals surface area contributed by atoms with E-state index in [9.17, 15) is 0 Å². The Morgan fingerprint density at radius 3 is 2.55 bits per heavy atom. The van der Waals surface area contributed by atoms with Gasteiger partial charge in [-0.2, -0.15) is 0 Å². The summed E-state index contributed by atoms with van der Waals surface area (Å²) in [6, 6.07) is 6.60. The molecular formula is C17H28N2O. The fourth-order valence-corrected chi connectivity index (χ4v) is 3.31. The molecule has 1 aliphatic rings. The molecule has 0 saturated heterocycles. The summed E-state index contributed by atoms with van der Waals surface area (Å²) in [6.07, 6.45) is 6.72. The van der Waals surface area contributed by atoms with Gasteiger partial charge in [0.2, 0.25) is 0 Å². The van der Waals surface area contributed by atoms with Crippen molar-refractivity contribution in [3.05, 3.63) is 23.8 Å². The van der Waals surface area contributed by atoms with Crippen LogP contribution < -0.4 is 10.5 Å². The van der Waals surface area contributed by atoms with Gasteiger partial charge in [-0.25, -0.2) is 0 Å². The minimum atomic E-state index is 0.698. The predicted octanol–water partition coefficient (Wildman–Crippen LogP) is 3.68. The van der Waals surface area contributed by atoms with E-state index in [2.05, 4.69) is 18.9 Å². The molecule has 112 valence electrons. The van der Waals surface area contributed by atoms with Crippen molar-refractivity contribution in [3.8, 4) is 5.75 Å². The highest BCUT2D eigenvalue weighted by molar-refractivity contribution is 5.47. The van der Waals surface area contributed by atoms with Crippen molar-refractivity contribution >= 4 is 5.69 Å². The van der Waals surface area contributed by atoms with Gasteiger partial charge in [0.25, 0.3) is 0 Å². The summed E-state index contributed by atoms with van der Waals surface area (Å²) >= 11 is 0. The average Bonchev–Trinajstić information content (AvgIpc) is 2.47. The second kappa shape index (κ2) is 6.98. The van der Waals surface area contributed by atoms with Gasteiger partial charge in [0.15, 0.2) is 0 Å². The van der Waals surface area contributed by atoms with Crippen molar-refractivity contribution in [2.45, 2.75) is 51.6 Å². The molecule has 1 aliphatic carbocycles. The van der Waals surface area contributed by atoms with Crippen LogP contribution in [0.3, 0.4) is 0 Å². The molecule has 0 radical (unpaired) electrons. The normalized spacial score (nSPS) is 23.0. The van der Waals surface area contributed by atoms with Gasteiger partial charge in [0, 0.05) is 23.8 Å². The fraction of sp³-hybridized carbons (Fsp3) is 0.647. The highest BCUT2D eigenvalue weighted by Gasteiger charge is 2.23. The lowest BCUT2D eigenvalue weighted by Gasteiger charge is -2.34. The molecule has 3 heteroatoms. The SMILES string of the molecule is CCC1CCC(N(C)Cc2cc(N)ccc2OC)CC1. The van der Waals surface area contributed by atoms with Crippen LogP contribution in [0.5, 0.6) is 5.75 Å². The highest BCUT2D eigenvalue weighted by Crippen LogP contribution is 2.30. The summed E-state index contributed by atoms with van der Waals surface area (Å²) in [5.74, 6) is 1.88. The first-order chi connectivity index (χ1) is 9.63. The van der Waals surface area contributed by atoms with Gasteiger partial charge in [-0.1, -0.05) is 13.3 Å². The molecule has 1 aromatic rings. The molecule has 1 fully saturated rings. The smallest absolute Gasteiger partial charge is 0.123 e. The molecule has 0 atom stereocenters. The second-order valence-electron chi connectivity index (χ2n) is 6.07. The lowest BCUT2D eigenvalue weighted by atomic mass is 9.84. The van der Waals surface area contributed by atoms with E-state index < -0.39 is 0 Å². The predicted molar refractivity (Wildman–Crippen MR) is 84.9 cm³/mol. The van der Waals surface area contributed by atoms with E-state index >= 15 is 0 Å². The molecule has 20 heavy (non-hydrogen) atoms. The molecule has 0 amide bonds. The Labute approximate surface area is 123 Å². The molecule has 2 rings (SSSR count). The minimum absolute atomic E-state index is 0.698. The number of anilines is 1. The number of nitrogens with zero attached hydrogens (tertiary/aromatic N) is 1. The summed E-state index contributed by atoms with van der Waals surface area (Å²) in [7, 11) is 3.95. The third-order valence-corrected chi connectivity index (χ3v) is 4.74. The van der Waals surface area contributed by atoms with Gasteiger partial charge in [0.05, 0.1) is 7.11 Å². The van der Waals surface area contributed by atoms with Crippen molar-refractivity contribution in [3.63, 3.8) is 0 Å². The van der Waals surface area contributed by atoms with E-state index in [0.717, 1.165) is 23.9 Å². The van der Waals surface area contributed by atoms with Gasteiger partial charge in [-0.3, -0.25) is 4.90 Å². The maximum atomic E-state index is 5.90. The van der Waals surface area contributed by atoms with Gasteiger partial charge in [-0.05, 0) is 56.8 Å². The number of hydrogen-bond acceptors (Lipinski definition) is 3. The summed E-state index contributed by atoms with van der Waals surface area (Å²) < 4.78 is 5.44. The zero-order valence-electron chi connectivity index (χ0n) is 13.1. The molecule has 0 bridgehead atoms. The van der Waals surface area contributed by atoms with Crippen LogP contribution in [0.25, 0.3) is 0 Å². The van der Waals surface area contributed by atoms with Crippen molar-refractivity contribution in [2.75, 3.05) is 19.9 Å². The van der Waals surface area contributed by atoms with Gasteiger partial charge >= 0.3 is 0 Å². The van der Waals surface area contributed by atoms with Crippen LogP contribution in [0.4, 0.5) is 5.69 Å². The molecule has 1 aromatic carbocycles. The molecule has 0 spiro atoms. The lowest BCUT2D eigenvalue weighted by Crippen LogP contribution is -2.34. The molecule has 3 nitrogen and oxygen atoms in total. The van der Waals surface area contributed by atoms with Crippen LogP contribution in [0.15, 0.2) is 18.2 Å². The third kappa shape index (κ3) is 3.66. The summed E-state index contributed by atoms with van der Waals surface area (Å²) in [5, 5.41) is 0. The maximum absolute atomic E-state index is 5.90. The number of methoxy groups -OCH3 is 1. The largest absolute Gasteiger partial charge is 0.496 e. The Morgan fingerprint density at radius 1 is 1.25 bits per heavy atom. The number of nitrogen functional groups attached to an aromatic ring is 1. The van der Waals surface area contributed by atoms with Gasteiger partial charge in [0.1, 0.15) is 5.75 Å². The first-order valence-electron chi connectivity index (χ1n) is 7.76. The van der Waals surface area contributed by atoms with E-state index in [4.69, 9.17) is 10.5 Å². The monoisotopic (exact) mass is 276 g/mol. The standard InChI is InChI=1S/C17H28N2O/c1-4-13-5-8-16(9-6-13)19(2)12-14-11-15(18)7-10-17(14)20-3/h7,10-11,13,16H,4-6,8-9,12,18H2,1-3H3. The lowest BCUT2D eigenvalue weighted by molar-refractivity contribution is 0.156. The Hall–Kier alpha value is -1.22. The van der Waals surface area contributed by atoms with Crippen LogP contribution >= 0.6 is 0 Å². The molecule has 0 aliphatic heterocycles. The van der Waals surface area contributed by atoms with Crippen molar-refractivity contribution < 1.29 is 4.74 Å². The molecular weight excluding hydrogens is 248 g/mol. The first kappa shape index (κ1) is 15.2. The Morgan fingerprint density at radius 2 is 1.95 bits per heavy atom. The van der Waals surface area contributed by atoms with Crippen molar-refractivity contribution in [1.82, 2.24) is 4.90 Å². The quantitative estimate of drug-likeness (QED) is 0.834. The van der Waals surface area contributed by atoms with Crippen LogP contribution in [-0.4, -0.2) is 25.1 Å². The van der Waals surface area contributed by atoms with Crippen LogP contribution in [0.1, 0.15) is 44.6 Å². The van der Waals surface area contributed by atoms with Crippen LogP contribution in [-0.2, 0) is 6.54 Å². The number of nitrogens with two attached hydrogens (primary N) is 1. The summed E-state index contributed by atoms with van der Waals surface area (Å²) in [4.78, 5) is 2.46. The first-order valence-corrected chi connectivity index (χ1v) is 7.76. The zero-order valence-corrected chi connectivity index (χ0v) is 13.1. The molecule has 0 aromatic heterocycles. The molecule has 0 unspecified atom stereocenters. The molecule has 2 N–H and O–H groups in total. The highest BCUT2D eigenvalue weighted by atomic mass is 16.5. The van der Waals surface area contributed by atoms with E-state index in [-0.39, 0.29) is 0 Å². The summed E-state index contributed by atoms with van der Waals surface area (Å²) in [6.45, 7) is 3.22. The van der Waals surface area contributed by atoms with E-state index in [1.54, 1.807) is 7.11 Å². The van der Waals surface area contributed by atoms with Crippen molar-refractivity contribution in [1.29, 1.82) is 0 Å². The average molecular weight is 276 g/mol. The van der Waals surface area contributed by atoms with E-state index in [1.165, 1.54) is 37.7 Å². The summed E-state index contributed by atoms with van der Waals surface area (Å²) in [5.41, 5.74) is 7.90. The molecule has 0 heterocycles. The third-order valence-electron chi connectivity index (χ3n) is 4.74. The number of rotatable bonds is 5. The van der Waals surface area contributed by atoms with Crippen LogP contribution in [0, 0.1) is 5.92 Å². The molecule has 1 saturated carbocycles. The van der Waals surface area contributed by atoms with E-state index in [1.807, 2.05) is 18.2 Å². The zero-order chi connectivity index (χ0) is 14.5. The van der Waals surface area contributed by atoms with Crippen molar-refractivity contribution in [2.24, 2.45) is 5.92 Å². The van der Waals surface area contributed by atoms with Gasteiger partial charge in [-0.15, -0.1) is 0 Å². The van der Waals surface area contributed by atoms with E-state index in [0.29, 0.717) is 6.04 Å². The minimum Gasteiger partial charge on any atom is -0.496 e. The fourth-order valence-electron chi connectivity index (χ4n) is 3.31. The Bertz CT molecular complexity index is 425.